The number of nitrogens with zero attached hydrogens (tertiary/aromatic N) is 3. The molecule has 1 saturated carbocycles. The van der Waals surface area contributed by atoms with E-state index in [1.165, 1.54) is 16.4 Å². The number of rotatable bonds is 5. The monoisotopic (exact) mass is 448 g/mol. The molecule has 0 bridgehead atoms. The summed E-state index contributed by atoms with van der Waals surface area (Å²) >= 11 is 0. The smallest absolute Gasteiger partial charge is 0.244 e. The van der Waals surface area contributed by atoms with Crippen molar-refractivity contribution in [2.45, 2.75) is 30.6 Å². The van der Waals surface area contributed by atoms with Crippen LogP contribution in [0.25, 0.3) is 0 Å². The maximum absolute atomic E-state index is 12.9. The fourth-order valence-electron chi connectivity index (χ4n) is 4.64. The fraction of sp³-hybridized carbons (Fsp3) is 0.571. The summed E-state index contributed by atoms with van der Waals surface area (Å²) in [4.78, 5) is 40.9. The third-order valence-corrected chi connectivity index (χ3v) is 8.35. The molecule has 1 N–H and O–H groups in total. The van der Waals surface area contributed by atoms with E-state index in [0.29, 0.717) is 44.7 Å². The Morgan fingerprint density at radius 3 is 2.26 bits per heavy atom. The van der Waals surface area contributed by atoms with Crippen molar-refractivity contribution in [2.24, 2.45) is 11.8 Å². The van der Waals surface area contributed by atoms with Crippen LogP contribution in [0.15, 0.2) is 29.2 Å². The zero-order valence-electron chi connectivity index (χ0n) is 17.6. The molecular formula is C21H28N4O5S. The van der Waals surface area contributed by atoms with Crippen molar-refractivity contribution >= 4 is 33.4 Å². The number of nitrogens with one attached hydrogen (secondary N) is 1. The molecule has 3 amide bonds. The predicted molar refractivity (Wildman–Crippen MR) is 113 cm³/mol. The minimum atomic E-state index is -3.66. The van der Waals surface area contributed by atoms with Crippen molar-refractivity contribution < 1.29 is 22.8 Å². The fourth-order valence-corrected chi connectivity index (χ4v) is 6.11. The number of likely N-dealkylation sites (tertiary alicyclic amines) is 1. The topological polar surface area (TPSA) is 107 Å². The number of likely N-dealkylation sites (N-methyl/N-ethyl adjacent to an activating group) is 1. The predicted octanol–water partition coefficient (Wildman–Crippen LogP) is 0.736. The molecule has 2 unspecified atom stereocenters. The highest BCUT2D eigenvalue weighted by molar-refractivity contribution is 7.89. The van der Waals surface area contributed by atoms with Crippen molar-refractivity contribution in [1.82, 2.24) is 14.1 Å². The van der Waals surface area contributed by atoms with Gasteiger partial charge in [-0.15, -0.1) is 0 Å². The Balaban J connectivity index is 1.42. The molecule has 2 atom stereocenters. The third kappa shape index (κ3) is 4.37. The minimum absolute atomic E-state index is 0.106. The van der Waals surface area contributed by atoms with Crippen LogP contribution in [0.5, 0.6) is 0 Å². The van der Waals surface area contributed by atoms with Gasteiger partial charge in [0.1, 0.15) is 6.54 Å². The van der Waals surface area contributed by atoms with E-state index in [9.17, 15) is 22.8 Å². The lowest BCUT2D eigenvalue weighted by atomic mass is 9.81. The summed E-state index contributed by atoms with van der Waals surface area (Å²) in [5.74, 6) is -1.65. The zero-order chi connectivity index (χ0) is 22.2. The maximum Gasteiger partial charge on any atom is 0.244 e. The van der Waals surface area contributed by atoms with E-state index in [2.05, 4.69) is 10.2 Å². The van der Waals surface area contributed by atoms with Crippen molar-refractivity contribution in [3.8, 4) is 0 Å². The van der Waals surface area contributed by atoms with Gasteiger partial charge in [-0.25, -0.2) is 8.42 Å². The number of hydrogen-bond acceptors (Lipinski definition) is 6. The van der Waals surface area contributed by atoms with Crippen LogP contribution in [0.1, 0.15) is 25.7 Å². The first kappa shape index (κ1) is 21.9. The van der Waals surface area contributed by atoms with E-state index in [1.54, 1.807) is 12.1 Å². The highest BCUT2D eigenvalue weighted by Crippen LogP contribution is 2.37. The van der Waals surface area contributed by atoms with Gasteiger partial charge < -0.3 is 10.2 Å². The number of hydrogen-bond donors (Lipinski definition) is 1. The molecule has 1 aromatic rings. The number of anilines is 1. The van der Waals surface area contributed by atoms with Gasteiger partial charge in [0, 0.05) is 31.9 Å². The molecule has 2 saturated heterocycles. The number of imide groups is 1. The SMILES string of the molecule is CN1CCN(S(=O)(=O)c2cccc(NC(=O)CN3C(=O)C4CCCCC4C3=O)c2)CC1. The molecular weight excluding hydrogens is 420 g/mol. The Hall–Kier alpha value is -2.30. The number of amides is 3. The van der Waals surface area contributed by atoms with Crippen LogP contribution in [0, 0.1) is 11.8 Å². The molecule has 2 aliphatic heterocycles. The molecule has 168 valence electrons. The zero-order valence-corrected chi connectivity index (χ0v) is 18.4. The van der Waals surface area contributed by atoms with Crippen molar-refractivity contribution in [3.63, 3.8) is 0 Å². The average Bonchev–Trinajstić information content (AvgIpc) is 2.99. The van der Waals surface area contributed by atoms with Crippen LogP contribution in [0.3, 0.4) is 0 Å². The molecule has 0 spiro atoms. The minimum Gasteiger partial charge on any atom is -0.324 e. The van der Waals surface area contributed by atoms with Gasteiger partial charge in [-0.05, 0) is 38.1 Å². The van der Waals surface area contributed by atoms with Crippen molar-refractivity contribution in [3.05, 3.63) is 24.3 Å². The normalized spacial score (nSPS) is 25.5. The van der Waals surface area contributed by atoms with Gasteiger partial charge in [-0.2, -0.15) is 4.31 Å². The second-order valence-corrected chi connectivity index (χ2v) is 10.5. The van der Waals surface area contributed by atoms with Crippen LogP contribution < -0.4 is 5.32 Å². The van der Waals surface area contributed by atoms with Crippen molar-refractivity contribution in [2.75, 3.05) is 45.1 Å². The standard InChI is InChI=1S/C21H28N4O5S/c1-23-9-11-24(12-10-23)31(29,30)16-6-4-5-15(13-16)22-19(26)14-25-20(27)17-7-2-3-8-18(17)21(25)28/h4-6,13,17-18H,2-3,7-12,14H2,1H3,(H,22,26). The molecule has 0 aromatic heterocycles. The van der Waals surface area contributed by atoms with Gasteiger partial charge in [-0.3, -0.25) is 19.3 Å². The Kier molecular flexibility index (Phi) is 6.14. The lowest BCUT2D eigenvalue weighted by Crippen LogP contribution is -2.47. The van der Waals surface area contributed by atoms with Crippen LogP contribution in [0.4, 0.5) is 5.69 Å². The molecule has 31 heavy (non-hydrogen) atoms. The largest absolute Gasteiger partial charge is 0.324 e. The summed E-state index contributed by atoms with van der Waals surface area (Å²) < 4.78 is 27.3. The van der Waals surface area contributed by atoms with Crippen LogP contribution in [-0.2, 0) is 24.4 Å². The van der Waals surface area contributed by atoms with E-state index >= 15 is 0 Å². The van der Waals surface area contributed by atoms with Crippen LogP contribution in [0.2, 0.25) is 0 Å². The average molecular weight is 449 g/mol. The Bertz CT molecular complexity index is 963. The summed E-state index contributed by atoms with van der Waals surface area (Å²) in [7, 11) is -1.71. The maximum atomic E-state index is 12.9. The van der Waals surface area contributed by atoms with E-state index in [1.807, 2.05) is 7.05 Å². The first-order valence-electron chi connectivity index (χ1n) is 10.7. The van der Waals surface area contributed by atoms with Gasteiger partial charge >= 0.3 is 0 Å². The number of sulfonamides is 1. The van der Waals surface area contributed by atoms with Gasteiger partial charge in [0.15, 0.2) is 0 Å². The lowest BCUT2D eigenvalue weighted by molar-refractivity contribution is -0.142. The van der Waals surface area contributed by atoms with E-state index < -0.39 is 15.9 Å². The van der Waals surface area contributed by atoms with Gasteiger partial charge in [-0.1, -0.05) is 18.9 Å². The Labute approximate surface area is 182 Å². The molecule has 3 aliphatic rings. The quantitative estimate of drug-likeness (QED) is 0.666. The molecule has 4 rings (SSSR count). The highest BCUT2D eigenvalue weighted by atomic mass is 32.2. The molecule has 9 nitrogen and oxygen atoms in total. The molecule has 1 aliphatic carbocycles. The number of piperazine rings is 1. The summed E-state index contributed by atoms with van der Waals surface area (Å²) in [5, 5.41) is 2.64. The summed E-state index contributed by atoms with van der Waals surface area (Å²) in [5.41, 5.74) is 0.316. The molecule has 1 aromatic carbocycles. The van der Waals surface area contributed by atoms with Crippen LogP contribution in [-0.4, -0.2) is 80.0 Å². The van der Waals surface area contributed by atoms with Gasteiger partial charge in [0.25, 0.3) is 0 Å². The first-order chi connectivity index (χ1) is 14.8. The summed E-state index contributed by atoms with van der Waals surface area (Å²) in [6.07, 6.45) is 3.24. The Morgan fingerprint density at radius 1 is 1.03 bits per heavy atom. The summed E-state index contributed by atoms with van der Waals surface area (Å²) in [6, 6.07) is 6.08. The molecule has 3 fully saturated rings. The molecule has 10 heteroatoms. The first-order valence-corrected chi connectivity index (χ1v) is 12.2. The number of benzene rings is 1. The third-order valence-electron chi connectivity index (χ3n) is 6.45. The number of carbonyl (C=O) groups is 3. The van der Waals surface area contributed by atoms with Crippen molar-refractivity contribution in [1.29, 1.82) is 0 Å². The second-order valence-electron chi connectivity index (χ2n) is 8.54. The molecule has 2 heterocycles. The van der Waals surface area contributed by atoms with E-state index in [4.69, 9.17) is 0 Å². The van der Waals surface area contributed by atoms with E-state index in [0.717, 1.165) is 17.7 Å². The summed E-state index contributed by atoms with van der Waals surface area (Å²) in [6.45, 7) is 1.80. The van der Waals surface area contributed by atoms with Gasteiger partial charge in [0.2, 0.25) is 27.7 Å². The second kappa shape index (κ2) is 8.68. The van der Waals surface area contributed by atoms with Crippen LogP contribution >= 0.6 is 0 Å². The Morgan fingerprint density at radius 2 is 1.65 bits per heavy atom. The van der Waals surface area contributed by atoms with Gasteiger partial charge in [0.05, 0.1) is 16.7 Å². The number of fused-ring (bicyclic) bond motifs is 1. The molecule has 0 radical (unpaired) electrons. The number of carbonyl (C=O) groups excluding carboxylic acids is 3. The van der Waals surface area contributed by atoms with E-state index in [-0.39, 0.29) is 35.1 Å². The lowest BCUT2D eigenvalue weighted by Gasteiger charge is -2.31. The highest BCUT2D eigenvalue weighted by Gasteiger charge is 2.48.